The van der Waals surface area contributed by atoms with Crippen molar-refractivity contribution in [2.24, 2.45) is 10.8 Å². The number of fused-ring (bicyclic) bond motifs is 1. The molecule has 1 heterocycles. The summed E-state index contributed by atoms with van der Waals surface area (Å²) in [5, 5.41) is 12.0. The maximum Gasteiger partial charge on any atom is 0.164 e. The van der Waals surface area contributed by atoms with Crippen molar-refractivity contribution >= 4 is 16.6 Å². The number of aromatic nitrogens is 1. The van der Waals surface area contributed by atoms with Gasteiger partial charge in [0, 0.05) is 43.2 Å². The number of aryl methyl sites for hydroxylation is 3. The van der Waals surface area contributed by atoms with Gasteiger partial charge in [0.05, 0.1) is 0 Å². The number of rotatable bonds is 2. The molecular weight excluding hydrogens is 587 g/mol. The van der Waals surface area contributed by atoms with Gasteiger partial charge in [0.15, 0.2) is 5.78 Å². The van der Waals surface area contributed by atoms with Crippen molar-refractivity contribution in [2.75, 3.05) is 0 Å². The molecule has 4 heteroatoms. The maximum atomic E-state index is 11.5. The van der Waals surface area contributed by atoms with Crippen molar-refractivity contribution in [1.29, 1.82) is 0 Å². The van der Waals surface area contributed by atoms with E-state index < -0.39 is 5.41 Å². The maximum absolute atomic E-state index is 11.5. The number of ketones is 1. The number of carbonyl (C=O) groups is 1. The molecule has 0 unspecified atom stereocenters. The summed E-state index contributed by atoms with van der Waals surface area (Å²) in [5.74, 6) is 0.104. The Morgan fingerprint density at radius 2 is 1.52 bits per heavy atom. The molecule has 0 aliphatic heterocycles. The van der Waals surface area contributed by atoms with Gasteiger partial charge in [0.25, 0.3) is 0 Å². The van der Waals surface area contributed by atoms with Gasteiger partial charge < -0.3 is 10.1 Å². The number of pyridine rings is 1. The molecule has 1 aromatic heterocycles. The fourth-order valence-electron chi connectivity index (χ4n) is 2.92. The van der Waals surface area contributed by atoms with Crippen molar-refractivity contribution in [3.63, 3.8) is 0 Å². The van der Waals surface area contributed by atoms with Gasteiger partial charge in [-0.1, -0.05) is 72.2 Å². The van der Waals surface area contributed by atoms with Crippen LogP contribution in [0.3, 0.4) is 0 Å². The second-order valence-electron chi connectivity index (χ2n) is 10.5. The van der Waals surface area contributed by atoms with Crippen molar-refractivity contribution in [1.82, 2.24) is 4.98 Å². The second kappa shape index (κ2) is 11.2. The summed E-state index contributed by atoms with van der Waals surface area (Å²) >= 11 is 0. The number of allylic oxidation sites excluding steroid dienone is 2. The van der Waals surface area contributed by atoms with E-state index in [1.165, 1.54) is 33.5 Å². The fraction of sp³-hybridized carbons (Fsp3) is 0.379. The zero-order valence-corrected chi connectivity index (χ0v) is 23.6. The predicted molar refractivity (Wildman–Crippen MR) is 135 cm³/mol. The molecule has 0 atom stereocenters. The molecular formula is C29H36IrNO2-. The van der Waals surface area contributed by atoms with Crippen LogP contribution in [-0.2, 0) is 24.9 Å². The summed E-state index contributed by atoms with van der Waals surface area (Å²) in [6, 6.07) is 16.1. The van der Waals surface area contributed by atoms with Crippen molar-refractivity contribution < 1.29 is 30.0 Å². The van der Waals surface area contributed by atoms with E-state index >= 15 is 0 Å². The number of carbonyl (C=O) groups excluding carboxylic acids is 1. The van der Waals surface area contributed by atoms with Crippen LogP contribution >= 0.6 is 0 Å². The molecule has 0 aliphatic carbocycles. The number of aliphatic hydroxyl groups is 1. The molecule has 0 amide bonds. The van der Waals surface area contributed by atoms with Gasteiger partial charge in [-0.2, -0.15) is 0 Å². The number of hydrogen-bond donors (Lipinski definition) is 1. The normalized spacial score (nSPS) is 12.0. The molecule has 0 fully saturated rings. The van der Waals surface area contributed by atoms with E-state index in [1.807, 2.05) is 53.8 Å². The Bertz CT molecular complexity index is 1130. The Labute approximate surface area is 212 Å². The zero-order valence-electron chi connectivity index (χ0n) is 21.3. The topological polar surface area (TPSA) is 50.2 Å². The molecule has 3 aromatic rings. The molecule has 3 nitrogen and oxygen atoms in total. The summed E-state index contributed by atoms with van der Waals surface area (Å²) in [6.07, 6.45) is 3.28. The second-order valence-corrected chi connectivity index (χ2v) is 10.5. The number of hydrogen-bond acceptors (Lipinski definition) is 3. The largest absolute Gasteiger partial charge is 0.512 e. The Morgan fingerprint density at radius 3 is 2.03 bits per heavy atom. The van der Waals surface area contributed by atoms with Gasteiger partial charge in [0.1, 0.15) is 5.76 Å². The quantitative estimate of drug-likeness (QED) is 0.181. The monoisotopic (exact) mass is 623 g/mol. The van der Waals surface area contributed by atoms with Crippen LogP contribution in [0, 0.1) is 37.7 Å². The Kier molecular flexibility index (Phi) is 9.78. The molecule has 0 saturated carbocycles. The molecule has 1 radical (unpaired) electrons. The molecule has 1 N–H and O–H groups in total. The number of aliphatic hydroxyl groups excluding tert-OH is 1. The van der Waals surface area contributed by atoms with Gasteiger partial charge in [-0.05, 0) is 35.9 Å². The van der Waals surface area contributed by atoms with E-state index in [-0.39, 0.29) is 37.1 Å². The van der Waals surface area contributed by atoms with Gasteiger partial charge >= 0.3 is 0 Å². The smallest absolute Gasteiger partial charge is 0.164 e. The predicted octanol–water partition coefficient (Wildman–Crippen LogP) is 7.71. The van der Waals surface area contributed by atoms with E-state index in [9.17, 15) is 9.90 Å². The SMILES string of the molecule is CC(C)(C)C(=O)/C=C(\O)C(C)(C)C.Cc1c[c-]c(-c2ncc(C)c3ccc(C)cc23)cc1.[Ir]. The van der Waals surface area contributed by atoms with Crippen molar-refractivity contribution in [3.8, 4) is 11.3 Å². The Balaban J connectivity index is 0.000000346. The van der Waals surface area contributed by atoms with Crippen LogP contribution in [0.4, 0.5) is 0 Å². The van der Waals surface area contributed by atoms with E-state index in [0.717, 1.165) is 11.3 Å². The third-order valence-electron chi connectivity index (χ3n) is 5.24. The van der Waals surface area contributed by atoms with Crippen molar-refractivity contribution in [2.45, 2.75) is 62.3 Å². The van der Waals surface area contributed by atoms with Crippen LogP contribution in [-0.4, -0.2) is 15.9 Å². The summed E-state index contributed by atoms with van der Waals surface area (Å²) in [4.78, 5) is 16.1. The van der Waals surface area contributed by atoms with Gasteiger partial charge in [-0.25, -0.2) is 0 Å². The molecule has 2 aromatic carbocycles. The molecule has 0 saturated heterocycles. The van der Waals surface area contributed by atoms with Crippen LogP contribution in [0.2, 0.25) is 0 Å². The van der Waals surface area contributed by atoms with E-state index in [0.29, 0.717) is 0 Å². The third kappa shape index (κ3) is 7.91. The number of nitrogens with zero attached hydrogens (tertiary/aromatic N) is 1. The first-order valence-corrected chi connectivity index (χ1v) is 11.0. The Morgan fingerprint density at radius 1 is 0.909 bits per heavy atom. The first kappa shape index (κ1) is 28.7. The molecule has 3 rings (SSSR count). The van der Waals surface area contributed by atoms with Gasteiger partial charge in [-0.15, -0.1) is 35.4 Å². The third-order valence-corrected chi connectivity index (χ3v) is 5.24. The van der Waals surface area contributed by atoms with Crippen LogP contribution in [0.1, 0.15) is 58.2 Å². The standard InChI is InChI=1S/C18H16N.C11H20O2.Ir/c1-12-4-7-15(8-5-12)18-17-10-13(2)6-9-16(17)14(3)11-19-18;1-10(2,3)8(12)7-9(13)11(4,5)6;/h4-7,9-11H,1-3H3;7,12H,1-6H3;/q-1;;/b;8-7-;. The summed E-state index contributed by atoms with van der Waals surface area (Å²) in [7, 11) is 0. The minimum Gasteiger partial charge on any atom is -0.512 e. The minimum absolute atomic E-state index is 0. The zero-order chi connectivity index (χ0) is 24.3. The van der Waals surface area contributed by atoms with Gasteiger partial charge in [-0.3, -0.25) is 4.79 Å². The first-order valence-electron chi connectivity index (χ1n) is 11.0. The summed E-state index contributed by atoms with van der Waals surface area (Å²) in [5.41, 5.74) is 5.00. The minimum atomic E-state index is -0.417. The summed E-state index contributed by atoms with van der Waals surface area (Å²) in [6.45, 7) is 17.4. The van der Waals surface area contributed by atoms with Crippen LogP contribution < -0.4 is 0 Å². The van der Waals surface area contributed by atoms with Gasteiger partial charge in [0.2, 0.25) is 0 Å². The summed E-state index contributed by atoms with van der Waals surface area (Å²) < 4.78 is 0. The van der Waals surface area contributed by atoms with Crippen LogP contribution in [0.5, 0.6) is 0 Å². The average molecular weight is 623 g/mol. The van der Waals surface area contributed by atoms with E-state index in [2.05, 4.69) is 62.2 Å². The molecule has 0 aliphatic rings. The first-order chi connectivity index (χ1) is 14.7. The number of benzene rings is 2. The average Bonchev–Trinajstić information content (AvgIpc) is 2.68. The Hall–Kier alpha value is -2.29. The van der Waals surface area contributed by atoms with E-state index in [4.69, 9.17) is 0 Å². The van der Waals surface area contributed by atoms with Crippen LogP contribution in [0.25, 0.3) is 22.0 Å². The molecule has 0 bridgehead atoms. The fourth-order valence-corrected chi connectivity index (χ4v) is 2.92. The molecule has 179 valence electrons. The molecule has 33 heavy (non-hydrogen) atoms. The molecule has 0 spiro atoms. The van der Waals surface area contributed by atoms with Crippen molar-refractivity contribution in [3.05, 3.63) is 77.2 Å². The van der Waals surface area contributed by atoms with E-state index in [1.54, 1.807) is 0 Å². The van der Waals surface area contributed by atoms with Crippen LogP contribution in [0.15, 0.2) is 54.4 Å².